The van der Waals surface area contributed by atoms with Crippen molar-refractivity contribution in [3.05, 3.63) is 101 Å². The lowest BCUT2D eigenvalue weighted by Gasteiger charge is -2.14. The summed E-state index contributed by atoms with van der Waals surface area (Å²) in [5.74, 6) is 0.0394. The van der Waals surface area contributed by atoms with Crippen molar-refractivity contribution >= 4 is 15.9 Å². The topological polar surface area (TPSA) is 108 Å². The molecule has 0 spiro atoms. The maximum atomic E-state index is 12.7. The zero-order chi connectivity index (χ0) is 24.6. The Hall–Kier alpha value is -3.67. The van der Waals surface area contributed by atoms with Crippen molar-refractivity contribution in [1.82, 2.24) is 10.0 Å². The van der Waals surface area contributed by atoms with Crippen LogP contribution in [0.2, 0.25) is 0 Å². The first-order valence-electron chi connectivity index (χ1n) is 10.8. The van der Waals surface area contributed by atoms with Gasteiger partial charge in [-0.2, -0.15) is 5.26 Å². The molecule has 176 valence electrons. The molecular formula is C26H27N3O4S. The highest BCUT2D eigenvalue weighted by molar-refractivity contribution is 7.88. The monoisotopic (exact) mass is 477 g/mol. The molecule has 7 nitrogen and oxygen atoms in total. The van der Waals surface area contributed by atoms with Gasteiger partial charge in [0.25, 0.3) is 5.91 Å². The fourth-order valence-electron chi connectivity index (χ4n) is 3.40. The molecule has 0 saturated heterocycles. The molecule has 2 N–H and O–H groups in total. The number of amides is 1. The second-order valence-corrected chi connectivity index (χ2v) is 9.82. The second kappa shape index (κ2) is 11.5. The highest BCUT2D eigenvalue weighted by atomic mass is 32.2. The summed E-state index contributed by atoms with van der Waals surface area (Å²) in [6.07, 6.45) is 0. The Labute approximate surface area is 200 Å². The van der Waals surface area contributed by atoms with Crippen LogP contribution in [-0.4, -0.2) is 20.4 Å². The summed E-state index contributed by atoms with van der Waals surface area (Å²) in [6.45, 7) is 3.93. The molecule has 0 aromatic heterocycles. The van der Waals surface area contributed by atoms with Gasteiger partial charge in [0.2, 0.25) is 10.0 Å². The van der Waals surface area contributed by atoms with Crippen LogP contribution in [0.5, 0.6) is 5.75 Å². The number of nitrogens with zero attached hydrogens (tertiary/aromatic N) is 1. The molecule has 0 aliphatic rings. The van der Waals surface area contributed by atoms with Crippen molar-refractivity contribution in [3.63, 3.8) is 0 Å². The minimum atomic E-state index is -3.49. The number of ether oxygens (including phenoxy) is 1. The minimum Gasteiger partial charge on any atom is -0.489 e. The SMILES string of the molecule is CC(C)NS(=O)(=O)Cc1ccccc1CNC(=O)c1cccc(OCc2ccccc2C#N)c1. The lowest BCUT2D eigenvalue weighted by atomic mass is 10.1. The molecule has 0 unspecified atom stereocenters. The number of nitriles is 1. The molecule has 34 heavy (non-hydrogen) atoms. The Morgan fingerprint density at radius 2 is 1.65 bits per heavy atom. The number of nitrogens with one attached hydrogen (secondary N) is 2. The normalized spacial score (nSPS) is 11.1. The van der Waals surface area contributed by atoms with Crippen LogP contribution in [0.3, 0.4) is 0 Å². The molecule has 3 aromatic rings. The smallest absolute Gasteiger partial charge is 0.251 e. The Bertz CT molecular complexity index is 1300. The summed E-state index contributed by atoms with van der Waals surface area (Å²) in [7, 11) is -3.49. The molecule has 0 saturated carbocycles. The Morgan fingerprint density at radius 3 is 2.35 bits per heavy atom. The van der Waals surface area contributed by atoms with Crippen LogP contribution in [0.15, 0.2) is 72.8 Å². The summed E-state index contributed by atoms with van der Waals surface area (Å²) < 4.78 is 33.0. The van der Waals surface area contributed by atoms with Crippen molar-refractivity contribution in [3.8, 4) is 11.8 Å². The first-order chi connectivity index (χ1) is 16.3. The van der Waals surface area contributed by atoms with Crippen LogP contribution in [0.1, 0.15) is 46.5 Å². The van der Waals surface area contributed by atoms with Gasteiger partial charge in [-0.05, 0) is 49.2 Å². The van der Waals surface area contributed by atoms with Crippen LogP contribution < -0.4 is 14.8 Å². The summed E-state index contributed by atoms with van der Waals surface area (Å²) in [5.41, 5.74) is 3.08. The van der Waals surface area contributed by atoms with Crippen molar-refractivity contribution in [2.75, 3.05) is 0 Å². The average molecular weight is 478 g/mol. The molecule has 3 aromatic carbocycles. The van der Waals surface area contributed by atoms with Gasteiger partial charge in [0.05, 0.1) is 17.4 Å². The van der Waals surface area contributed by atoms with Gasteiger partial charge in [-0.15, -0.1) is 0 Å². The third-order valence-corrected chi connectivity index (χ3v) is 6.47. The van der Waals surface area contributed by atoms with E-state index in [-0.39, 0.29) is 30.9 Å². The zero-order valence-corrected chi connectivity index (χ0v) is 19.9. The van der Waals surface area contributed by atoms with E-state index in [0.29, 0.717) is 22.4 Å². The first kappa shape index (κ1) is 25.0. The number of rotatable bonds is 10. The van der Waals surface area contributed by atoms with Gasteiger partial charge in [0.15, 0.2) is 0 Å². The predicted molar refractivity (Wildman–Crippen MR) is 130 cm³/mol. The van der Waals surface area contributed by atoms with Gasteiger partial charge in [0.1, 0.15) is 12.4 Å². The number of sulfonamides is 1. The van der Waals surface area contributed by atoms with E-state index in [1.54, 1.807) is 74.5 Å². The van der Waals surface area contributed by atoms with Gasteiger partial charge in [-0.3, -0.25) is 4.79 Å². The van der Waals surface area contributed by atoms with E-state index < -0.39 is 10.0 Å². The largest absolute Gasteiger partial charge is 0.489 e. The fraction of sp³-hybridized carbons (Fsp3) is 0.231. The van der Waals surface area contributed by atoms with E-state index in [0.717, 1.165) is 11.1 Å². The highest BCUT2D eigenvalue weighted by Crippen LogP contribution is 2.18. The third-order valence-electron chi connectivity index (χ3n) is 4.95. The van der Waals surface area contributed by atoms with Crippen LogP contribution >= 0.6 is 0 Å². The minimum absolute atomic E-state index is 0.162. The van der Waals surface area contributed by atoms with Gasteiger partial charge in [0, 0.05) is 23.7 Å². The van der Waals surface area contributed by atoms with Gasteiger partial charge in [-0.25, -0.2) is 13.1 Å². The molecule has 8 heteroatoms. The molecule has 0 heterocycles. The van der Waals surface area contributed by atoms with Crippen molar-refractivity contribution < 1.29 is 17.9 Å². The van der Waals surface area contributed by atoms with Crippen LogP contribution in [0.4, 0.5) is 0 Å². The molecule has 0 radical (unpaired) electrons. The lowest BCUT2D eigenvalue weighted by Crippen LogP contribution is -2.31. The van der Waals surface area contributed by atoms with E-state index >= 15 is 0 Å². The third kappa shape index (κ3) is 7.17. The molecule has 0 bridgehead atoms. The molecular weight excluding hydrogens is 450 g/mol. The standard InChI is InChI=1S/C26H27N3O4S/c1-19(2)29-34(31,32)18-24-11-6-4-9-22(24)16-28-26(30)20-12-7-13-25(14-20)33-17-23-10-5-3-8-21(23)15-27/h3-14,19,29H,16-18H2,1-2H3,(H,28,30). The van der Waals surface area contributed by atoms with Crippen molar-refractivity contribution in [2.24, 2.45) is 0 Å². The summed E-state index contributed by atoms with van der Waals surface area (Å²) >= 11 is 0. The van der Waals surface area contributed by atoms with Crippen LogP contribution in [-0.2, 0) is 28.9 Å². The fourth-order valence-corrected chi connectivity index (χ4v) is 4.89. The maximum Gasteiger partial charge on any atom is 0.251 e. The summed E-state index contributed by atoms with van der Waals surface area (Å²) in [6, 6.07) is 23.0. The quantitative estimate of drug-likeness (QED) is 0.460. The maximum absolute atomic E-state index is 12.7. The van der Waals surface area contributed by atoms with Crippen LogP contribution in [0, 0.1) is 11.3 Å². The zero-order valence-electron chi connectivity index (χ0n) is 19.1. The number of hydrogen-bond donors (Lipinski definition) is 2. The molecule has 0 aliphatic heterocycles. The highest BCUT2D eigenvalue weighted by Gasteiger charge is 2.16. The van der Waals surface area contributed by atoms with Crippen molar-refractivity contribution in [1.29, 1.82) is 5.26 Å². The molecule has 0 atom stereocenters. The van der Waals surface area contributed by atoms with Gasteiger partial charge < -0.3 is 10.1 Å². The number of carbonyl (C=O) groups excluding carboxylic acids is 1. The van der Waals surface area contributed by atoms with E-state index in [9.17, 15) is 18.5 Å². The van der Waals surface area contributed by atoms with Gasteiger partial charge in [-0.1, -0.05) is 48.5 Å². The van der Waals surface area contributed by atoms with E-state index in [4.69, 9.17) is 4.74 Å². The van der Waals surface area contributed by atoms with E-state index in [1.165, 1.54) is 0 Å². The van der Waals surface area contributed by atoms with Gasteiger partial charge >= 0.3 is 0 Å². The molecule has 0 fully saturated rings. The second-order valence-electron chi connectivity index (χ2n) is 8.07. The number of benzene rings is 3. The predicted octanol–water partition coefficient (Wildman–Crippen LogP) is 3.90. The number of carbonyl (C=O) groups is 1. The molecule has 1 amide bonds. The first-order valence-corrected chi connectivity index (χ1v) is 12.5. The molecule has 0 aliphatic carbocycles. The lowest BCUT2D eigenvalue weighted by molar-refractivity contribution is 0.0950. The Kier molecular flexibility index (Phi) is 8.41. The molecule has 3 rings (SSSR count). The van der Waals surface area contributed by atoms with Crippen LogP contribution in [0.25, 0.3) is 0 Å². The number of hydrogen-bond acceptors (Lipinski definition) is 5. The summed E-state index contributed by atoms with van der Waals surface area (Å²) in [5, 5.41) is 12.1. The Balaban J connectivity index is 1.64. The Morgan fingerprint density at radius 1 is 0.971 bits per heavy atom. The summed E-state index contributed by atoms with van der Waals surface area (Å²) in [4.78, 5) is 12.7. The average Bonchev–Trinajstić information content (AvgIpc) is 2.81. The van der Waals surface area contributed by atoms with E-state index in [2.05, 4.69) is 16.1 Å². The van der Waals surface area contributed by atoms with Crippen molar-refractivity contribution in [2.45, 2.75) is 38.8 Å². The van der Waals surface area contributed by atoms with E-state index in [1.807, 2.05) is 12.1 Å².